The molecule has 0 radical (unpaired) electrons. The Kier molecular flexibility index (Phi) is 3.98. The van der Waals surface area contributed by atoms with Crippen molar-refractivity contribution in [1.82, 2.24) is 4.98 Å². The smallest absolute Gasteiger partial charge is 0.267 e. The van der Waals surface area contributed by atoms with E-state index in [4.69, 9.17) is 16.3 Å². The molecule has 8 heteroatoms. The maximum atomic E-state index is 12.3. The first-order valence-corrected chi connectivity index (χ1v) is 7.94. The molecule has 1 aromatic carbocycles. The number of benzene rings is 1. The van der Waals surface area contributed by atoms with E-state index in [1.54, 1.807) is 18.4 Å². The Morgan fingerprint density at radius 2 is 2.16 bits per heavy atom. The summed E-state index contributed by atoms with van der Waals surface area (Å²) in [5.41, 5.74) is 0.742. The van der Waals surface area contributed by atoms with Crippen molar-refractivity contribution in [2.24, 2.45) is 0 Å². The summed E-state index contributed by atoms with van der Waals surface area (Å²) < 4.78 is 32.0. The number of nitrogens with one attached hydrogen (secondary N) is 1. The molecule has 0 fully saturated rings. The van der Waals surface area contributed by atoms with Gasteiger partial charge in [-0.1, -0.05) is 11.6 Å². The number of hydrogen-bond acceptors (Lipinski definition) is 5. The Bertz CT molecular complexity index is 684. The molecule has 0 aliphatic rings. The molecule has 1 N–H and O–H groups in total. The number of aryl methyl sites for hydroxylation is 1. The lowest BCUT2D eigenvalue weighted by molar-refractivity contribution is 0.402. The highest BCUT2D eigenvalue weighted by atomic mass is 35.5. The quantitative estimate of drug-likeness (QED) is 0.941. The molecule has 2 aromatic rings. The van der Waals surface area contributed by atoms with Crippen LogP contribution in [0.4, 0.5) is 5.13 Å². The van der Waals surface area contributed by atoms with Gasteiger partial charge in [-0.15, -0.1) is 11.3 Å². The molecule has 0 atom stereocenters. The summed E-state index contributed by atoms with van der Waals surface area (Å²) in [6, 6.07) is 2.95. The van der Waals surface area contributed by atoms with Gasteiger partial charge in [0.15, 0.2) is 5.13 Å². The van der Waals surface area contributed by atoms with Crippen LogP contribution in [-0.4, -0.2) is 20.5 Å². The minimum atomic E-state index is -3.78. The minimum Gasteiger partial charge on any atom is -0.495 e. The van der Waals surface area contributed by atoms with E-state index in [1.807, 2.05) is 0 Å². The van der Waals surface area contributed by atoms with Crippen LogP contribution in [0.1, 0.15) is 5.56 Å². The van der Waals surface area contributed by atoms with Crippen molar-refractivity contribution in [3.05, 3.63) is 34.3 Å². The van der Waals surface area contributed by atoms with Crippen LogP contribution < -0.4 is 9.46 Å². The standard InChI is InChI=1S/C11H11ClN2O3S2/c1-7-5-9(17-2)10(6-8(7)12)19(15,16)14-11-13-3-4-18-11/h3-6H,1-2H3,(H,13,14). The SMILES string of the molecule is COc1cc(C)c(Cl)cc1S(=O)(=O)Nc1nccs1. The van der Waals surface area contributed by atoms with E-state index in [0.717, 1.165) is 5.56 Å². The highest BCUT2D eigenvalue weighted by Crippen LogP contribution is 2.31. The van der Waals surface area contributed by atoms with Gasteiger partial charge in [0.1, 0.15) is 10.6 Å². The Balaban J connectivity index is 2.48. The maximum absolute atomic E-state index is 12.3. The molecule has 0 amide bonds. The number of hydrogen-bond donors (Lipinski definition) is 1. The van der Waals surface area contributed by atoms with Gasteiger partial charge in [-0.3, -0.25) is 4.72 Å². The first-order chi connectivity index (χ1) is 8.94. The van der Waals surface area contributed by atoms with Crippen LogP contribution in [0.5, 0.6) is 5.75 Å². The lowest BCUT2D eigenvalue weighted by Gasteiger charge is -2.11. The lowest BCUT2D eigenvalue weighted by Crippen LogP contribution is -2.14. The molecule has 0 aliphatic carbocycles. The van der Waals surface area contributed by atoms with Crippen molar-refractivity contribution >= 4 is 38.1 Å². The lowest BCUT2D eigenvalue weighted by atomic mass is 10.2. The van der Waals surface area contributed by atoms with E-state index in [-0.39, 0.29) is 10.6 Å². The van der Waals surface area contributed by atoms with Crippen molar-refractivity contribution in [3.8, 4) is 5.75 Å². The second kappa shape index (κ2) is 5.36. The number of thiazole rings is 1. The van der Waals surface area contributed by atoms with Crippen LogP contribution >= 0.6 is 22.9 Å². The molecule has 0 saturated heterocycles. The zero-order chi connectivity index (χ0) is 14.0. The molecule has 2 rings (SSSR count). The zero-order valence-electron chi connectivity index (χ0n) is 10.2. The van der Waals surface area contributed by atoms with E-state index in [1.165, 1.54) is 30.7 Å². The fraction of sp³-hybridized carbons (Fsp3) is 0.182. The minimum absolute atomic E-state index is 0.0131. The predicted molar refractivity (Wildman–Crippen MR) is 75.7 cm³/mol. The summed E-state index contributed by atoms with van der Waals surface area (Å²) in [5.74, 6) is 0.242. The molecule has 1 heterocycles. The summed E-state index contributed by atoms with van der Waals surface area (Å²) in [4.78, 5) is 3.86. The van der Waals surface area contributed by atoms with Gasteiger partial charge in [0.25, 0.3) is 10.0 Å². The van der Waals surface area contributed by atoms with E-state index >= 15 is 0 Å². The average Bonchev–Trinajstić information content (AvgIpc) is 2.84. The van der Waals surface area contributed by atoms with Crippen molar-refractivity contribution in [2.75, 3.05) is 11.8 Å². The zero-order valence-corrected chi connectivity index (χ0v) is 12.6. The van der Waals surface area contributed by atoms with Crippen LogP contribution in [0.2, 0.25) is 5.02 Å². The third-order valence-corrected chi connectivity index (χ3v) is 4.97. The van der Waals surface area contributed by atoms with Gasteiger partial charge >= 0.3 is 0 Å². The average molecular weight is 319 g/mol. The highest BCUT2D eigenvalue weighted by molar-refractivity contribution is 7.93. The number of halogens is 1. The van der Waals surface area contributed by atoms with Crippen LogP contribution in [0, 0.1) is 6.92 Å². The van der Waals surface area contributed by atoms with Gasteiger partial charge in [0, 0.05) is 16.6 Å². The fourth-order valence-electron chi connectivity index (χ4n) is 1.45. The van der Waals surface area contributed by atoms with Gasteiger partial charge in [0.2, 0.25) is 0 Å². The summed E-state index contributed by atoms with van der Waals surface area (Å²) in [6.45, 7) is 1.77. The largest absolute Gasteiger partial charge is 0.495 e. The first kappa shape index (κ1) is 14.1. The van der Waals surface area contributed by atoms with Gasteiger partial charge in [-0.05, 0) is 24.6 Å². The first-order valence-electron chi connectivity index (χ1n) is 5.20. The number of anilines is 1. The number of sulfonamides is 1. The normalized spacial score (nSPS) is 11.3. The maximum Gasteiger partial charge on any atom is 0.267 e. The molecule has 19 heavy (non-hydrogen) atoms. The third kappa shape index (κ3) is 2.99. The van der Waals surface area contributed by atoms with Gasteiger partial charge in [-0.25, -0.2) is 13.4 Å². The van der Waals surface area contributed by atoms with Crippen LogP contribution in [0.25, 0.3) is 0 Å². The molecular formula is C11H11ClN2O3S2. The number of methoxy groups -OCH3 is 1. The molecular weight excluding hydrogens is 308 g/mol. The summed E-state index contributed by atoms with van der Waals surface area (Å²) in [6.07, 6.45) is 1.52. The molecule has 1 aromatic heterocycles. The van der Waals surface area contributed by atoms with Crippen LogP contribution in [0.3, 0.4) is 0 Å². The summed E-state index contributed by atoms with van der Waals surface area (Å²) in [7, 11) is -2.37. The van der Waals surface area contributed by atoms with E-state index in [0.29, 0.717) is 10.2 Å². The summed E-state index contributed by atoms with van der Waals surface area (Å²) >= 11 is 7.16. The molecule has 0 bridgehead atoms. The van der Waals surface area contributed by atoms with Crippen molar-refractivity contribution in [1.29, 1.82) is 0 Å². The summed E-state index contributed by atoms with van der Waals surface area (Å²) in [5, 5.41) is 2.33. The number of aromatic nitrogens is 1. The molecule has 102 valence electrons. The van der Waals surface area contributed by atoms with Gasteiger partial charge < -0.3 is 4.74 Å². The Morgan fingerprint density at radius 1 is 1.42 bits per heavy atom. The molecule has 0 saturated carbocycles. The van der Waals surface area contributed by atoms with Crippen molar-refractivity contribution in [2.45, 2.75) is 11.8 Å². The number of nitrogens with zero attached hydrogens (tertiary/aromatic N) is 1. The molecule has 0 spiro atoms. The van der Waals surface area contributed by atoms with Crippen molar-refractivity contribution in [3.63, 3.8) is 0 Å². The fourth-order valence-corrected chi connectivity index (χ4v) is 3.64. The third-order valence-electron chi connectivity index (χ3n) is 2.39. The second-order valence-corrected chi connectivity index (χ2v) is 6.65. The number of ether oxygens (including phenoxy) is 1. The van der Waals surface area contributed by atoms with Crippen molar-refractivity contribution < 1.29 is 13.2 Å². The number of rotatable bonds is 4. The molecule has 0 unspecified atom stereocenters. The van der Waals surface area contributed by atoms with E-state index < -0.39 is 10.0 Å². The van der Waals surface area contributed by atoms with E-state index in [9.17, 15) is 8.42 Å². The van der Waals surface area contributed by atoms with E-state index in [2.05, 4.69) is 9.71 Å². The second-order valence-electron chi connectivity index (χ2n) is 3.70. The molecule has 5 nitrogen and oxygen atoms in total. The highest BCUT2D eigenvalue weighted by Gasteiger charge is 2.22. The van der Waals surface area contributed by atoms with Crippen LogP contribution in [-0.2, 0) is 10.0 Å². The predicted octanol–water partition coefficient (Wildman–Crippen LogP) is 2.91. The van der Waals surface area contributed by atoms with Gasteiger partial charge in [0.05, 0.1) is 7.11 Å². The monoisotopic (exact) mass is 318 g/mol. The van der Waals surface area contributed by atoms with Gasteiger partial charge in [-0.2, -0.15) is 0 Å². The molecule has 0 aliphatic heterocycles. The van der Waals surface area contributed by atoms with Crippen LogP contribution in [0.15, 0.2) is 28.6 Å². The Hall–Kier alpha value is -1.31. The topological polar surface area (TPSA) is 68.3 Å². The Morgan fingerprint density at radius 3 is 2.74 bits per heavy atom. The Labute approximate surface area is 120 Å².